The van der Waals surface area contributed by atoms with Gasteiger partial charge in [0.1, 0.15) is 11.5 Å². The van der Waals surface area contributed by atoms with Gasteiger partial charge < -0.3 is 9.84 Å². The molecule has 162 valence electrons. The molecule has 0 bridgehead atoms. The molecule has 0 saturated carbocycles. The highest BCUT2D eigenvalue weighted by molar-refractivity contribution is 5.42. The summed E-state index contributed by atoms with van der Waals surface area (Å²) in [4.78, 5) is 0. The molecule has 0 aliphatic rings. The lowest BCUT2D eigenvalue weighted by Gasteiger charge is -2.09. The van der Waals surface area contributed by atoms with Gasteiger partial charge in [0.05, 0.1) is 6.61 Å². The van der Waals surface area contributed by atoms with Gasteiger partial charge in [0.2, 0.25) is 0 Å². The van der Waals surface area contributed by atoms with Gasteiger partial charge in [-0.25, -0.2) is 0 Å². The monoisotopic (exact) mass is 390 g/mol. The van der Waals surface area contributed by atoms with E-state index < -0.39 is 0 Å². The number of hydrogen-bond acceptors (Lipinski definition) is 2. The van der Waals surface area contributed by atoms with E-state index in [1.165, 1.54) is 103 Å². The molecule has 1 rings (SSSR count). The van der Waals surface area contributed by atoms with Crippen LogP contribution < -0.4 is 4.74 Å². The Hall–Kier alpha value is -1.18. The lowest BCUT2D eigenvalue weighted by molar-refractivity contribution is 0.300. The zero-order valence-electron chi connectivity index (χ0n) is 18.8. The third-order valence-electron chi connectivity index (χ3n) is 5.76. The van der Waals surface area contributed by atoms with E-state index in [1.54, 1.807) is 6.07 Å². The quantitative estimate of drug-likeness (QED) is 0.239. The van der Waals surface area contributed by atoms with Gasteiger partial charge in [0.15, 0.2) is 0 Å². The standard InChI is InChI=1S/C26H46O2/c1-3-4-5-6-7-8-9-10-11-12-13-14-15-16-17-18-19-23-28-26-22-20-21-25(27)24(26)2/h20-22,27H,3-19,23H2,1-2H3. The third-order valence-corrected chi connectivity index (χ3v) is 5.76. The van der Waals surface area contributed by atoms with Gasteiger partial charge in [-0.2, -0.15) is 0 Å². The Morgan fingerprint density at radius 2 is 1.07 bits per heavy atom. The maximum absolute atomic E-state index is 9.67. The molecule has 0 aliphatic carbocycles. The number of benzene rings is 1. The Labute approximate surface area is 175 Å². The second-order valence-corrected chi connectivity index (χ2v) is 8.41. The van der Waals surface area contributed by atoms with Crippen LogP contribution >= 0.6 is 0 Å². The minimum atomic E-state index is 0.319. The maximum Gasteiger partial charge on any atom is 0.125 e. The molecule has 2 nitrogen and oxygen atoms in total. The Kier molecular flexibility index (Phi) is 15.9. The highest BCUT2D eigenvalue weighted by atomic mass is 16.5. The van der Waals surface area contributed by atoms with E-state index >= 15 is 0 Å². The number of phenolic OH excluding ortho intramolecular Hbond substituents is 1. The second kappa shape index (κ2) is 17.9. The van der Waals surface area contributed by atoms with Crippen molar-refractivity contribution >= 4 is 0 Å². The largest absolute Gasteiger partial charge is 0.508 e. The molecule has 28 heavy (non-hydrogen) atoms. The summed E-state index contributed by atoms with van der Waals surface area (Å²) < 4.78 is 5.78. The highest BCUT2D eigenvalue weighted by Gasteiger charge is 2.03. The lowest BCUT2D eigenvalue weighted by Crippen LogP contribution is -1.98. The van der Waals surface area contributed by atoms with Gasteiger partial charge in [-0.3, -0.25) is 0 Å². The molecule has 0 atom stereocenters. The molecule has 0 amide bonds. The van der Waals surface area contributed by atoms with Crippen LogP contribution in [-0.2, 0) is 0 Å². The Bertz CT molecular complexity index is 470. The summed E-state index contributed by atoms with van der Waals surface area (Å²) in [5.74, 6) is 1.14. The molecular weight excluding hydrogens is 344 g/mol. The fraction of sp³-hybridized carbons (Fsp3) is 0.769. The van der Waals surface area contributed by atoms with E-state index in [0.717, 1.165) is 24.3 Å². The fourth-order valence-corrected chi connectivity index (χ4v) is 3.77. The van der Waals surface area contributed by atoms with E-state index in [0.29, 0.717) is 5.75 Å². The summed E-state index contributed by atoms with van der Waals surface area (Å²) in [6.07, 6.45) is 23.6. The number of ether oxygens (including phenoxy) is 1. The van der Waals surface area contributed by atoms with Crippen molar-refractivity contribution in [3.05, 3.63) is 23.8 Å². The molecular formula is C26H46O2. The van der Waals surface area contributed by atoms with Crippen LogP contribution in [0.3, 0.4) is 0 Å². The molecule has 0 radical (unpaired) electrons. The third kappa shape index (κ3) is 13.1. The van der Waals surface area contributed by atoms with Gasteiger partial charge in [0, 0.05) is 5.56 Å². The molecule has 0 fully saturated rings. The second-order valence-electron chi connectivity index (χ2n) is 8.41. The van der Waals surface area contributed by atoms with Gasteiger partial charge in [-0.15, -0.1) is 0 Å². The van der Waals surface area contributed by atoms with Crippen molar-refractivity contribution < 1.29 is 9.84 Å². The van der Waals surface area contributed by atoms with Gasteiger partial charge >= 0.3 is 0 Å². The van der Waals surface area contributed by atoms with Crippen LogP contribution in [0.4, 0.5) is 0 Å². The summed E-state index contributed by atoms with van der Waals surface area (Å²) >= 11 is 0. The molecule has 0 aromatic heterocycles. The first kappa shape index (κ1) is 24.9. The van der Waals surface area contributed by atoms with Crippen LogP contribution in [0.5, 0.6) is 11.5 Å². The number of aromatic hydroxyl groups is 1. The molecule has 1 aromatic carbocycles. The maximum atomic E-state index is 9.67. The SMILES string of the molecule is CCCCCCCCCCCCCCCCCCCOc1cccc(O)c1C. The van der Waals surface area contributed by atoms with E-state index in [2.05, 4.69) is 6.92 Å². The van der Waals surface area contributed by atoms with Crippen molar-refractivity contribution in [2.24, 2.45) is 0 Å². The van der Waals surface area contributed by atoms with Gasteiger partial charge in [-0.05, 0) is 25.5 Å². The Morgan fingerprint density at radius 1 is 0.643 bits per heavy atom. The van der Waals surface area contributed by atoms with Gasteiger partial charge in [0.25, 0.3) is 0 Å². The average molecular weight is 391 g/mol. The summed E-state index contributed by atoms with van der Waals surface area (Å²) in [5.41, 5.74) is 0.842. The molecule has 0 aliphatic heterocycles. The van der Waals surface area contributed by atoms with Gasteiger partial charge in [-0.1, -0.05) is 116 Å². The van der Waals surface area contributed by atoms with Crippen LogP contribution in [0, 0.1) is 6.92 Å². The molecule has 0 saturated heterocycles. The molecule has 1 aromatic rings. The van der Waals surface area contributed by atoms with E-state index in [-0.39, 0.29) is 0 Å². The zero-order valence-corrected chi connectivity index (χ0v) is 18.8. The van der Waals surface area contributed by atoms with Crippen LogP contribution in [-0.4, -0.2) is 11.7 Å². The first-order chi connectivity index (χ1) is 13.8. The molecule has 1 N–H and O–H groups in total. The van der Waals surface area contributed by atoms with Crippen LogP contribution in [0.15, 0.2) is 18.2 Å². The van der Waals surface area contributed by atoms with E-state index in [4.69, 9.17) is 4.74 Å². The van der Waals surface area contributed by atoms with Crippen molar-refractivity contribution in [3.8, 4) is 11.5 Å². The fourth-order valence-electron chi connectivity index (χ4n) is 3.77. The summed E-state index contributed by atoms with van der Waals surface area (Å²) in [6, 6.07) is 5.48. The number of rotatable bonds is 19. The van der Waals surface area contributed by atoms with Crippen LogP contribution in [0.2, 0.25) is 0 Å². The van der Waals surface area contributed by atoms with Crippen LogP contribution in [0.1, 0.15) is 122 Å². The Balaban J connectivity index is 1.77. The molecule has 0 unspecified atom stereocenters. The molecule has 0 spiro atoms. The number of unbranched alkanes of at least 4 members (excludes halogenated alkanes) is 16. The number of hydrogen-bond donors (Lipinski definition) is 1. The summed E-state index contributed by atoms with van der Waals surface area (Å²) in [6.45, 7) is 4.94. The summed E-state index contributed by atoms with van der Waals surface area (Å²) in [5, 5.41) is 9.67. The van der Waals surface area contributed by atoms with E-state index in [9.17, 15) is 5.11 Å². The predicted molar refractivity (Wildman–Crippen MR) is 123 cm³/mol. The van der Waals surface area contributed by atoms with Crippen molar-refractivity contribution in [1.82, 2.24) is 0 Å². The average Bonchev–Trinajstić information content (AvgIpc) is 2.70. The normalized spacial score (nSPS) is 11.1. The van der Waals surface area contributed by atoms with Crippen molar-refractivity contribution in [2.45, 2.75) is 123 Å². The first-order valence-electron chi connectivity index (χ1n) is 12.2. The summed E-state index contributed by atoms with van der Waals surface area (Å²) in [7, 11) is 0. The van der Waals surface area contributed by atoms with E-state index in [1.807, 2.05) is 19.1 Å². The molecule has 0 heterocycles. The minimum absolute atomic E-state index is 0.319. The lowest BCUT2D eigenvalue weighted by atomic mass is 10.0. The van der Waals surface area contributed by atoms with Crippen molar-refractivity contribution in [2.75, 3.05) is 6.61 Å². The van der Waals surface area contributed by atoms with Crippen molar-refractivity contribution in [3.63, 3.8) is 0 Å². The van der Waals surface area contributed by atoms with Crippen LogP contribution in [0.25, 0.3) is 0 Å². The number of phenols is 1. The highest BCUT2D eigenvalue weighted by Crippen LogP contribution is 2.26. The predicted octanol–water partition coefficient (Wildman–Crippen LogP) is 8.73. The van der Waals surface area contributed by atoms with Crippen molar-refractivity contribution in [1.29, 1.82) is 0 Å². The first-order valence-corrected chi connectivity index (χ1v) is 12.2. The Morgan fingerprint density at radius 3 is 1.54 bits per heavy atom. The minimum Gasteiger partial charge on any atom is -0.508 e. The molecule has 2 heteroatoms. The zero-order chi connectivity index (χ0) is 20.3. The topological polar surface area (TPSA) is 29.5 Å². The smallest absolute Gasteiger partial charge is 0.125 e.